The third-order valence-corrected chi connectivity index (χ3v) is 3.13. The summed E-state index contributed by atoms with van der Waals surface area (Å²) in [6.07, 6.45) is 3.46. The van der Waals surface area contributed by atoms with Gasteiger partial charge in [-0.2, -0.15) is 0 Å². The number of methoxy groups -OCH3 is 1. The number of ether oxygens (including phenoxy) is 1. The van der Waals surface area contributed by atoms with Gasteiger partial charge in [-0.3, -0.25) is 4.79 Å². The number of piperidine rings is 2. The Hall–Kier alpha value is -0.570. The average molecular weight is 169 g/mol. The molecular weight excluding hydrogens is 154 g/mol. The van der Waals surface area contributed by atoms with E-state index in [2.05, 4.69) is 5.32 Å². The minimum Gasteiger partial charge on any atom is -0.469 e. The molecule has 0 amide bonds. The highest BCUT2D eigenvalue weighted by molar-refractivity contribution is 5.73. The summed E-state index contributed by atoms with van der Waals surface area (Å²) in [5.74, 6) is 0.804. The number of rotatable bonds is 1. The number of nitrogens with one attached hydrogen (secondary N) is 1. The van der Waals surface area contributed by atoms with Crippen LogP contribution in [0.5, 0.6) is 0 Å². The molecule has 0 unspecified atom stereocenters. The van der Waals surface area contributed by atoms with Gasteiger partial charge >= 0.3 is 5.97 Å². The highest BCUT2D eigenvalue weighted by Crippen LogP contribution is 2.34. The first kappa shape index (κ1) is 8.05. The van der Waals surface area contributed by atoms with E-state index in [9.17, 15) is 4.79 Å². The fourth-order valence-electron chi connectivity index (χ4n) is 2.42. The van der Waals surface area contributed by atoms with Crippen LogP contribution >= 0.6 is 0 Å². The fraction of sp³-hybridized carbons (Fsp3) is 0.889. The summed E-state index contributed by atoms with van der Waals surface area (Å²) in [7, 11) is 1.48. The lowest BCUT2D eigenvalue weighted by Gasteiger charge is -2.41. The van der Waals surface area contributed by atoms with Gasteiger partial charge in [-0.05, 0) is 31.7 Å². The third kappa shape index (κ3) is 1.22. The van der Waals surface area contributed by atoms with E-state index in [4.69, 9.17) is 4.74 Å². The molecule has 0 radical (unpaired) electrons. The van der Waals surface area contributed by atoms with Crippen molar-refractivity contribution < 1.29 is 9.53 Å². The molecule has 68 valence electrons. The highest BCUT2D eigenvalue weighted by atomic mass is 16.5. The summed E-state index contributed by atoms with van der Waals surface area (Å²) in [4.78, 5) is 11.3. The van der Waals surface area contributed by atoms with Gasteiger partial charge in [0, 0.05) is 6.04 Å². The van der Waals surface area contributed by atoms with Gasteiger partial charge in [0.1, 0.15) is 0 Å². The van der Waals surface area contributed by atoms with Crippen molar-refractivity contribution in [1.29, 1.82) is 0 Å². The smallest absolute Gasteiger partial charge is 0.310 e. The van der Waals surface area contributed by atoms with E-state index in [1.165, 1.54) is 13.5 Å². The molecule has 3 nitrogen and oxygen atoms in total. The molecule has 0 aromatic heterocycles. The first-order valence-corrected chi connectivity index (χ1v) is 4.62. The molecule has 3 heteroatoms. The number of hydrogen-bond donors (Lipinski definition) is 1. The number of esters is 1. The van der Waals surface area contributed by atoms with Gasteiger partial charge in [-0.1, -0.05) is 0 Å². The predicted octanol–water partition coefficient (Wildman–Crippen LogP) is 0.547. The standard InChI is InChI=1S/C9H15NO2/c1-12-9(11)7-4-6-2-3-8(7)10-5-6/h6-8,10H,2-5H2,1H3/t6-,7-,8+/m0/s1. The largest absolute Gasteiger partial charge is 0.469 e. The number of carbonyl (C=O) groups is 1. The Kier molecular flexibility index (Phi) is 2.05. The van der Waals surface area contributed by atoms with Gasteiger partial charge < -0.3 is 10.1 Å². The molecule has 1 N–H and O–H groups in total. The summed E-state index contributed by atoms with van der Waals surface area (Å²) in [5, 5.41) is 3.38. The van der Waals surface area contributed by atoms with Gasteiger partial charge in [0.2, 0.25) is 0 Å². The monoisotopic (exact) mass is 169 g/mol. The van der Waals surface area contributed by atoms with Gasteiger partial charge in [-0.25, -0.2) is 0 Å². The Morgan fingerprint density at radius 2 is 2.33 bits per heavy atom. The molecule has 0 aromatic rings. The van der Waals surface area contributed by atoms with Crippen molar-refractivity contribution in [2.75, 3.05) is 13.7 Å². The van der Waals surface area contributed by atoms with Crippen LogP contribution in [0.3, 0.4) is 0 Å². The molecule has 3 rings (SSSR count). The molecular formula is C9H15NO2. The van der Waals surface area contributed by atoms with Crippen molar-refractivity contribution >= 4 is 5.97 Å². The van der Waals surface area contributed by atoms with E-state index < -0.39 is 0 Å². The van der Waals surface area contributed by atoms with Crippen molar-refractivity contribution in [3.05, 3.63) is 0 Å². The van der Waals surface area contributed by atoms with E-state index in [-0.39, 0.29) is 11.9 Å². The molecule has 3 atom stereocenters. The van der Waals surface area contributed by atoms with Crippen LogP contribution in [0.15, 0.2) is 0 Å². The normalized spacial score (nSPS) is 39.6. The Balaban J connectivity index is 2.03. The second-order valence-electron chi connectivity index (χ2n) is 3.82. The van der Waals surface area contributed by atoms with Crippen LogP contribution in [0, 0.1) is 11.8 Å². The lowest BCUT2D eigenvalue weighted by molar-refractivity contribution is -0.149. The number of hydrogen-bond acceptors (Lipinski definition) is 3. The minimum atomic E-state index is -0.0306. The maximum absolute atomic E-state index is 11.3. The third-order valence-electron chi connectivity index (χ3n) is 3.13. The fourth-order valence-corrected chi connectivity index (χ4v) is 2.42. The predicted molar refractivity (Wildman–Crippen MR) is 44.6 cm³/mol. The zero-order chi connectivity index (χ0) is 8.55. The number of carbonyl (C=O) groups excluding carboxylic acids is 1. The summed E-state index contributed by atoms with van der Waals surface area (Å²) in [6, 6.07) is 0.391. The van der Waals surface area contributed by atoms with E-state index in [0.29, 0.717) is 12.0 Å². The lowest BCUT2D eigenvalue weighted by atomic mass is 9.74. The molecule has 2 heterocycles. The van der Waals surface area contributed by atoms with Crippen LogP contribution in [0.25, 0.3) is 0 Å². The molecule has 12 heavy (non-hydrogen) atoms. The van der Waals surface area contributed by atoms with Crippen LogP contribution in [0.4, 0.5) is 0 Å². The Bertz CT molecular complexity index is 185. The SMILES string of the molecule is COC(=O)[C@H]1C[C@@H]2CC[C@H]1NC2. The second-order valence-corrected chi connectivity index (χ2v) is 3.82. The van der Waals surface area contributed by atoms with E-state index >= 15 is 0 Å². The molecule has 0 aromatic carbocycles. The maximum Gasteiger partial charge on any atom is 0.310 e. The van der Waals surface area contributed by atoms with Crippen LogP contribution in [0.2, 0.25) is 0 Å². The average Bonchev–Trinajstić information content (AvgIpc) is 2.18. The van der Waals surface area contributed by atoms with Crippen molar-refractivity contribution in [2.24, 2.45) is 11.8 Å². The van der Waals surface area contributed by atoms with Crippen molar-refractivity contribution in [3.63, 3.8) is 0 Å². The van der Waals surface area contributed by atoms with Crippen LogP contribution < -0.4 is 5.32 Å². The van der Waals surface area contributed by atoms with Crippen LogP contribution in [-0.4, -0.2) is 25.7 Å². The molecule has 1 saturated carbocycles. The molecule has 1 aliphatic carbocycles. The summed E-state index contributed by atoms with van der Waals surface area (Å²) >= 11 is 0. The molecule has 3 fully saturated rings. The summed E-state index contributed by atoms with van der Waals surface area (Å²) < 4.78 is 4.76. The quantitative estimate of drug-likeness (QED) is 0.582. The number of fused-ring (bicyclic) bond motifs is 3. The van der Waals surface area contributed by atoms with Gasteiger partial charge in [0.15, 0.2) is 0 Å². The molecule has 2 aliphatic heterocycles. The summed E-state index contributed by atoms with van der Waals surface area (Å²) in [6.45, 7) is 1.10. The first-order chi connectivity index (χ1) is 5.81. The van der Waals surface area contributed by atoms with Crippen molar-refractivity contribution in [3.8, 4) is 0 Å². The van der Waals surface area contributed by atoms with E-state index in [0.717, 1.165) is 19.4 Å². The molecule has 3 aliphatic rings. The lowest BCUT2D eigenvalue weighted by Crippen LogP contribution is -2.52. The first-order valence-electron chi connectivity index (χ1n) is 4.62. The minimum absolute atomic E-state index is 0.0306. The zero-order valence-electron chi connectivity index (χ0n) is 7.38. The highest BCUT2D eigenvalue weighted by Gasteiger charge is 2.39. The Morgan fingerprint density at radius 3 is 2.75 bits per heavy atom. The van der Waals surface area contributed by atoms with Gasteiger partial charge in [-0.15, -0.1) is 0 Å². The van der Waals surface area contributed by atoms with Crippen LogP contribution in [0.1, 0.15) is 19.3 Å². The molecule has 2 saturated heterocycles. The second kappa shape index (κ2) is 3.05. The van der Waals surface area contributed by atoms with E-state index in [1.54, 1.807) is 0 Å². The molecule has 0 spiro atoms. The zero-order valence-corrected chi connectivity index (χ0v) is 7.38. The van der Waals surface area contributed by atoms with Crippen LogP contribution in [-0.2, 0) is 9.53 Å². The summed E-state index contributed by atoms with van der Waals surface area (Å²) in [5.41, 5.74) is 0. The van der Waals surface area contributed by atoms with E-state index in [1.807, 2.05) is 0 Å². The maximum atomic E-state index is 11.3. The Labute approximate surface area is 72.5 Å². The molecule has 2 bridgehead atoms. The Morgan fingerprint density at radius 1 is 1.50 bits per heavy atom. The topological polar surface area (TPSA) is 38.3 Å². The van der Waals surface area contributed by atoms with Gasteiger partial charge in [0.25, 0.3) is 0 Å². The van der Waals surface area contributed by atoms with Crippen molar-refractivity contribution in [2.45, 2.75) is 25.3 Å². The van der Waals surface area contributed by atoms with Gasteiger partial charge in [0.05, 0.1) is 13.0 Å². The van der Waals surface area contributed by atoms with Crippen molar-refractivity contribution in [1.82, 2.24) is 5.32 Å².